The van der Waals surface area contributed by atoms with Crippen molar-refractivity contribution in [2.45, 2.75) is 12.5 Å². The third-order valence-corrected chi connectivity index (χ3v) is 3.88. The van der Waals surface area contributed by atoms with Crippen LogP contribution in [-0.4, -0.2) is 42.1 Å². The minimum Gasteiger partial charge on any atom is -0.387 e. The topological polar surface area (TPSA) is 86.6 Å². The molecule has 2 aromatic rings. The first-order valence-corrected chi connectivity index (χ1v) is 8.04. The Morgan fingerprint density at radius 3 is 2.40 bits per heavy atom. The van der Waals surface area contributed by atoms with Crippen LogP contribution in [0.5, 0.6) is 0 Å². The van der Waals surface area contributed by atoms with Crippen LogP contribution in [0.1, 0.15) is 18.2 Å². The van der Waals surface area contributed by atoms with Crippen LogP contribution in [0.2, 0.25) is 0 Å². The maximum Gasteiger partial charge on any atom is 0.313 e. The Morgan fingerprint density at radius 1 is 1.16 bits per heavy atom. The number of nitrogens with zero attached hydrogens (tertiary/aromatic N) is 2. The van der Waals surface area contributed by atoms with Crippen molar-refractivity contribution >= 4 is 23.2 Å². The molecule has 0 aliphatic rings. The molecule has 3 N–H and O–H groups in total. The van der Waals surface area contributed by atoms with Crippen molar-refractivity contribution in [3.05, 3.63) is 48.3 Å². The zero-order valence-corrected chi connectivity index (χ0v) is 14.7. The second-order valence-corrected chi connectivity index (χ2v) is 6.00. The summed E-state index contributed by atoms with van der Waals surface area (Å²) in [4.78, 5) is 25.7. The van der Waals surface area contributed by atoms with Crippen molar-refractivity contribution in [1.82, 2.24) is 9.88 Å². The summed E-state index contributed by atoms with van der Waals surface area (Å²) >= 11 is 0. The lowest BCUT2D eigenvalue weighted by molar-refractivity contribution is -0.136. The first-order valence-electron chi connectivity index (χ1n) is 8.04. The lowest BCUT2D eigenvalue weighted by atomic mass is 10.2. The summed E-state index contributed by atoms with van der Waals surface area (Å²) in [5, 5.41) is 15.1. The van der Waals surface area contributed by atoms with E-state index >= 15 is 0 Å². The number of aliphatic hydroxyl groups excluding tert-OH is 1. The first kappa shape index (κ1) is 18.5. The summed E-state index contributed by atoms with van der Waals surface area (Å²) in [5.41, 5.74) is 2.31. The van der Waals surface area contributed by atoms with Crippen molar-refractivity contribution in [1.29, 1.82) is 0 Å². The minimum absolute atomic E-state index is 0.207. The second-order valence-electron chi connectivity index (χ2n) is 6.00. The van der Waals surface area contributed by atoms with E-state index < -0.39 is 17.9 Å². The average molecular weight is 344 g/mol. The van der Waals surface area contributed by atoms with Crippen LogP contribution < -0.4 is 15.5 Å². The van der Waals surface area contributed by atoms with Gasteiger partial charge in [0.15, 0.2) is 0 Å². The molecule has 0 unspecified atom stereocenters. The van der Waals surface area contributed by atoms with Gasteiger partial charge in [-0.05, 0) is 42.8 Å². The number of hydrogen-bond donors (Lipinski definition) is 3. The van der Waals surface area contributed by atoms with E-state index in [1.807, 2.05) is 61.1 Å². The van der Waals surface area contributed by atoms with Crippen LogP contribution in [-0.2, 0) is 16.6 Å². The molecule has 2 amide bonds. The lowest BCUT2D eigenvalue weighted by Gasteiger charge is -2.13. The third kappa shape index (κ3) is 5.09. The molecule has 0 saturated carbocycles. The molecule has 0 aliphatic carbocycles. The molecule has 134 valence electrons. The van der Waals surface area contributed by atoms with Gasteiger partial charge in [-0.15, -0.1) is 0 Å². The van der Waals surface area contributed by atoms with E-state index in [0.29, 0.717) is 12.1 Å². The molecule has 0 radical (unpaired) electrons. The van der Waals surface area contributed by atoms with Gasteiger partial charge in [-0.3, -0.25) is 9.59 Å². The quantitative estimate of drug-likeness (QED) is 0.689. The summed E-state index contributed by atoms with van der Waals surface area (Å²) in [5.74, 6) is -1.46. The van der Waals surface area contributed by atoms with E-state index in [0.717, 1.165) is 11.4 Å². The molecule has 0 spiro atoms. The molecule has 1 atom stereocenters. The normalized spacial score (nSPS) is 11.7. The molecule has 1 aromatic heterocycles. The Morgan fingerprint density at radius 2 is 1.84 bits per heavy atom. The van der Waals surface area contributed by atoms with Crippen molar-refractivity contribution < 1.29 is 14.7 Å². The monoisotopic (exact) mass is 344 g/mol. The Hall–Kier alpha value is -2.80. The number of nitrogens with one attached hydrogen (secondary N) is 2. The van der Waals surface area contributed by atoms with Crippen LogP contribution in [0.4, 0.5) is 11.4 Å². The first-order chi connectivity index (χ1) is 11.9. The van der Waals surface area contributed by atoms with Gasteiger partial charge in [-0.1, -0.05) is 0 Å². The Labute approximate surface area is 147 Å². The van der Waals surface area contributed by atoms with E-state index in [-0.39, 0.29) is 6.54 Å². The zero-order valence-electron chi connectivity index (χ0n) is 14.7. The molecule has 0 bridgehead atoms. The molecule has 25 heavy (non-hydrogen) atoms. The van der Waals surface area contributed by atoms with Gasteiger partial charge in [0.25, 0.3) is 0 Å². The van der Waals surface area contributed by atoms with Crippen LogP contribution in [0.25, 0.3) is 0 Å². The molecule has 2 rings (SSSR count). The predicted molar refractivity (Wildman–Crippen MR) is 97.4 cm³/mol. The average Bonchev–Trinajstić information content (AvgIpc) is 3.01. The SMILES string of the molecule is CN(C)c1ccc(NC(=O)C(=O)NCC[C@@H](O)c2cccn2C)cc1. The Bertz CT molecular complexity index is 722. The van der Waals surface area contributed by atoms with Gasteiger partial charge in [0, 0.05) is 51.0 Å². The maximum atomic E-state index is 11.9. The molecular weight excluding hydrogens is 320 g/mol. The fourth-order valence-electron chi connectivity index (χ4n) is 2.40. The number of anilines is 2. The molecule has 0 fully saturated rings. The molecule has 0 saturated heterocycles. The lowest BCUT2D eigenvalue weighted by Crippen LogP contribution is -2.36. The Kier molecular flexibility index (Phi) is 6.19. The predicted octanol–water partition coefficient (Wildman–Crippen LogP) is 1.27. The Balaban J connectivity index is 1.78. The van der Waals surface area contributed by atoms with E-state index in [1.165, 1.54) is 0 Å². The summed E-state index contributed by atoms with van der Waals surface area (Å²) in [7, 11) is 5.68. The molecule has 7 heteroatoms. The highest BCUT2D eigenvalue weighted by Gasteiger charge is 2.15. The standard InChI is InChI=1S/C18H24N4O3/c1-21(2)14-8-6-13(7-9-14)20-18(25)17(24)19-11-10-16(23)15-5-4-12-22(15)3/h4-9,12,16,23H,10-11H2,1-3H3,(H,19,24)(H,20,25)/t16-/m1/s1. The highest BCUT2D eigenvalue weighted by atomic mass is 16.3. The van der Waals surface area contributed by atoms with E-state index in [2.05, 4.69) is 10.6 Å². The summed E-state index contributed by atoms with van der Waals surface area (Å²) in [6, 6.07) is 10.8. The highest BCUT2D eigenvalue weighted by molar-refractivity contribution is 6.39. The van der Waals surface area contributed by atoms with Gasteiger partial charge in [0.05, 0.1) is 6.10 Å². The van der Waals surface area contributed by atoms with E-state index in [9.17, 15) is 14.7 Å². The second kappa shape index (κ2) is 8.34. The number of hydrogen-bond acceptors (Lipinski definition) is 4. The van der Waals surface area contributed by atoms with Crippen molar-refractivity contribution in [3.8, 4) is 0 Å². The van der Waals surface area contributed by atoms with Gasteiger partial charge >= 0.3 is 11.8 Å². The highest BCUT2D eigenvalue weighted by Crippen LogP contribution is 2.16. The summed E-state index contributed by atoms with van der Waals surface area (Å²) < 4.78 is 1.82. The number of carbonyl (C=O) groups excluding carboxylic acids is 2. The molecule has 7 nitrogen and oxygen atoms in total. The van der Waals surface area contributed by atoms with Gasteiger partial charge in [0.2, 0.25) is 0 Å². The van der Waals surface area contributed by atoms with Crippen molar-refractivity contribution in [2.24, 2.45) is 7.05 Å². The zero-order chi connectivity index (χ0) is 18.4. The van der Waals surface area contributed by atoms with Gasteiger partial charge < -0.3 is 25.2 Å². The van der Waals surface area contributed by atoms with Crippen molar-refractivity contribution in [3.63, 3.8) is 0 Å². The fourth-order valence-corrected chi connectivity index (χ4v) is 2.40. The summed E-state index contributed by atoms with van der Waals surface area (Å²) in [6.45, 7) is 0.207. The van der Waals surface area contributed by atoms with Gasteiger partial charge in [-0.25, -0.2) is 0 Å². The number of aliphatic hydroxyl groups is 1. The van der Waals surface area contributed by atoms with Crippen LogP contribution in [0.3, 0.4) is 0 Å². The molecular formula is C18H24N4O3. The van der Waals surface area contributed by atoms with Crippen LogP contribution in [0, 0.1) is 0 Å². The molecule has 1 aromatic carbocycles. The third-order valence-electron chi connectivity index (χ3n) is 3.88. The molecule has 0 aliphatic heterocycles. The number of aromatic nitrogens is 1. The number of benzene rings is 1. The number of carbonyl (C=O) groups is 2. The fraction of sp³-hybridized carbons (Fsp3) is 0.333. The van der Waals surface area contributed by atoms with Crippen molar-refractivity contribution in [2.75, 3.05) is 30.9 Å². The number of aryl methyl sites for hydroxylation is 1. The molecule has 1 heterocycles. The number of amides is 2. The summed E-state index contributed by atoms with van der Waals surface area (Å²) in [6.07, 6.45) is 1.47. The van der Waals surface area contributed by atoms with Gasteiger partial charge in [-0.2, -0.15) is 0 Å². The largest absolute Gasteiger partial charge is 0.387 e. The smallest absolute Gasteiger partial charge is 0.313 e. The van der Waals surface area contributed by atoms with E-state index in [4.69, 9.17) is 0 Å². The van der Waals surface area contributed by atoms with Crippen LogP contribution >= 0.6 is 0 Å². The maximum absolute atomic E-state index is 11.9. The van der Waals surface area contributed by atoms with Crippen LogP contribution in [0.15, 0.2) is 42.6 Å². The van der Waals surface area contributed by atoms with E-state index in [1.54, 1.807) is 12.1 Å². The minimum atomic E-state index is -0.731. The van der Waals surface area contributed by atoms with Gasteiger partial charge in [0.1, 0.15) is 0 Å². The number of rotatable bonds is 6.